The fourth-order valence-corrected chi connectivity index (χ4v) is 3.75. The summed E-state index contributed by atoms with van der Waals surface area (Å²) in [6.07, 6.45) is 3.14. The normalized spacial score (nSPS) is 10.9. The summed E-state index contributed by atoms with van der Waals surface area (Å²) in [5.41, 5.74) is 2.66. The lowest BCUT2D eigenvalue weighted by molar-refractivity contribution is -0.111. The molecule has 1 aromatic heterocycles. The number of carbonyl (C=O) groups excluding carboxylic acids is 2. The van der Waals surface area contributed by atoms with Crippen LogP contribution in [0.15, 0.2) is 78.9 Å². The third-order valence-corrected chi connectivity index (χ3v) is 5.45. The molecule has 0 aliphatic carbocycles. The Kier molecular flexibility index (Phi) is 6.05. The number of ether oxygens (including phenoxy) is 1. The first-order valence-electron chi connectivity index (χ1n) is 9.51. The molecule has 0 aliphatic heterocycles. The van der Waals surface area contributed by atoms with Gasteiger partial charge in [-0.05, 0) is 66.7 Å². The molecule has 0 atom stereocenters. The molecule has 0 saturated carbocycles. The number of hydrogen-bond acceptors (Lipinski definition) is 5. The molecule has 2 N–H and O–H groups in total. The number of benzene rings is 3. The maximum atomic E-state index is 12.4. The summed E-state index contributed by atoms with van der Waals surface area (Å²) >= 11 is 1.52. The van der Waals surface area contributed by atoms with Crippen LogP contribution in [0.1, 0.15) is 15.4 Å². The number of hydrogen-bond donors (Lipinski definition) is 2. The number of amides is 2. The molecular weight excluding hydrogens is 410 g/mol. The van der Waals surface area contributed by atoms with Gasteiger partial charge in [-0.1, -0.05) is 12.1 Å². The van der Waals surface area contributed by atoms with Gasteiger partial charge >= 0.3 is 0 Å². The smallest absolute Gasteiger partial charge is 0.255 e. The van der Waals surface area contributed by atoms with Crippen molar-refractivity contribution in [3.8, 4) is 5.75 Å². The first kappa shape index (κ1) is 20.3. The average molecular weight is 430 g/mol. The van der Waals surface area contributed by atoms with E-state index in [1.807, 2.05) is 24.3 Å². The first-order valence-corrected chi connectivity index (χ1v) is 10.3. The minimum Gasteiger partial charge on any atom is -0.497 e. The van der Waals surface area contributed by atoms with Gasteiger partial charge in [0.25, 0.3) is 5.91 Å². The van der Waals surface area contributed by atoms with Crippen LogP contribution in [0.5, 0.6) is 5.75 Å². The number of nitrogens with one attached hydrogen (secondary N) is 2. The second-order valence-corrected chi connectivity index (χ2v) is 7.66. The molecule has 0 bridgehead atoms. The minimum atomic E-state index is -0.269. The molecule has 4 aromatic rings. The van der Waals surface area contributed by atoms with E-state index >= 15 is 0 Å². The molecule has 2 amide bonds. The van der Waals surface area contributed by atoms with Gasteiger partial charge in [-0.3, -0.25) is 9.59 Å². The predicted molar refractivity (Wildman–Crippen MR) is 125 cm³/mol. The summed E-state index contributed by atoms with van der Waals surface area (Å²) in [5, 5.41) is 6.37. The van der Waals surface area contributed by atoms with Crippen LogP contribution in [0.2, 0.25) is 0 Å². The van der Waals surface area contributed by atoms with E-state index in [-0.39, 0.29) is 11.8 Å². The first-order chi connectivity index (χ1) is 15.1. The van der Waals surface area contributed by atoms with Gasteiger partial charge in [-0.2, -0.15) is 0 Å². The Hall–Kier alpha value is -3.97. The van der Waals surface area contributed by atoms with Gasteiger partial charge in [0, 0.05) is 23.0 Å². The van der Waals surface area contributed by atoms with Gasteiger partial charge in [0.15, 0.2) is 0 Å². The van der Waals surface area contributed by atoms with Crippen molar-refractivity contribution in [1.82, 2.24) is 4.98 Å². The van der Waals surface area contributed by atoms with E-state index in [1.165, 1.54) is 17.4 Å². The van der Waals surface area contributed by atoms with Gasteiger partial charge in [0.05, 0.1) is 17.3 Å². The number of carbonyl (C=O) groups is 2. The van der Waals surface area contributed by atoms with Gasteiger partial charge in [-0.15, -0.1) is 11.3 Å². The minimum absolute atomic E-state index is 0.237. The Morgan fingerprint density at radius 1 is 0.903 bits per heavy atom. The molecule has 0 saturated heterocycles. The summed E-state index contributed by atoms with van der Waals surface area (Å²) in [7, 11) is 1.59. The lowest BCUT2D eigenvalue weighted by Gasteiger charge is -2.07. The van der Waals surface area contributed by atoms with Gasteiger partial charge in [0.1, 0.15) is 10.8 Å². The van der Waals surface area contributed by atoms with Crippen LogP contribution in [0, 0.1) is 0 Å². The Bertz CT molecular complexity index is 1210. The average Bonchev–Trinajstić information content (AvgIpc) is 3.22. The van der Waals surface area contributed by atoms with Crippen molar-refractivity contribution in [2.75, 3.05) is 17.7 Å². The van der Waals surface area contributed by atoms with Crippen LogP contribution in [0.4, 0.5) is 11.4 Å². The van der Waals surface area contributed by atoms with E-state index in [2.05, 4.69) is 15.6 Å². The fraction of sp³-hybridized carbons (Fsp3) is 0.0417. The number of thiazole rings is 1. The van der Waals surface area contributed by atoms with Crippen LogP contribution in [-0.2, 0) is 4.79 Å². The van der Waals surface area contributed by atoms with Crippen LogP contribution >= 0.6 is 11.3 Å². The number of methoxy groups -OCH3 is 1. The van der Waals surface area contributed by atoms with E-state index in [0.717, 1.165) is 21.0 Å². The van der Waals surface area contributed by atoms with Crippen molar-refractivity contribution in [2.24, 2.45) is 0 Å². The number of anilines is 2. The summed E-state index contributed by atoms with van der Waals surface area (Å²) in [4.78, 5) is 29.1. The third kappa shape index (κ3) is 5.15. The summed E-state index contributed by atoms with van der Waals surface area (Å²) in [5.74, 6) is 0.212. The van der Waals surface area contributed by atoms with Crippen molar-refractivity contribution in [1.29, 1.82) is 0 Å². The van der Waals surface area contributed by atoms with Crippen molar-refractivity contribution in [2.45, 2.75) is 0 Å². The quantitative estimate of drug-likeness (QED) is 0.412. The number of para-hydroxylation sites is 1. The lowest BCUT2D eigenvalue weighted by Crippen LogP contribution is -2.12. The molecule has 154 valence electrons. The lowest BCUT2D eigenvalue weighted by atomic mass is 10.2. The second-order valence-electron chi connectivity index (χ2n) is 6.60. The molecule has 0 aliphatic rings. The maximum absolute atomic E-state index is 12.4. The summed E-state index contributed by atoms with van der Waals surface area (Å²) in [6, 6.07) is 21.6. The number of fused-ring (bicyclic) bond motifs is 1. The molecule has 7 heteroatoms. The molecule has 3 aromatic carbocycles. The number of aromatic nitrogens is 1. The molecule has 0 fully saturated rings. The Labute approximate surface area is 183 Å². The zero-order valence-corrected chi connectivity index (χ0v) is 17.5. The molecule has 1 heterocycles. The van der Waals surface area contributed by atoms with Crippen molar-refractivity contribution >= 4 is 50.8 Å². The predicted octanol–water partition coefficient (Wildman–Crippen LogP) is 5.21. The van der Waals surface area contributed by atoms with E-state index in [1.54, 1.807) is 61.7 Å². The highest BCUT2D eigenvalue weighted by molar-refractivity contribution is 7.19. The van der Waals surface area contributed by atoms with Crippen molar-refractivity contribution in [3.05, 3.63) is 89.4 Å². The Morgan fingerprint density at radius 3 is 2.29 bits per heavy atom. The molecule has 0 radical (unpaired) electrons. The highest BCUT2D eigenvalue weighted by Crippen LogP contribution is 2.22. The standard InChI is InChI=1S/C24H19N3O3S/c1-30-19-12-10-18(11-13-19)26-24(29)16-6-8-17(9-7-16)25-22(28)14-15-23-27-20-4-2-3-5-21(20)31-23/h2-15H,1H3,(H,25,28)(H,26,29)/b15-14+. The molecule has 0 unspecified atom stereocenters. The SMILES string of the molecule is COc1ccc(NC(=O)c2ccc(NC(=O)/C=C/c3nc4ccccc4s3)cc2)cc1. The number of nitrogens with zero attached hydrogens (tertiary/aromatic N) is 1. The van der Waals surface area contributed by atoms with Crippen LogP contribution < -0.4 is 15.4 Å². The van der Waals surface area contributed by atoms with Crippen molar-refractivity contribution < 1.29 is 14.3 Å². The topological polar surface area (TPSA) is 80.3 Å². The highest BCUT2D eigenvalue weighted by Gasteiger charge is 2.07. The van der Waals surface area contributed by atoms with Gasteiger partial charge in [0.2, 0.25) is 5.91 Å². The van der Waals surface area contributed by atoms with Crippen LogP contribution in [-0.4, -0.2) is 23.9 Å². The zero-order chi connectivity index (χ0) is 21.6. The van der Waals surface area contributed by atoms with Crippen LogP contribution in [0.3, 0.4) is 0 Å². The van der Waals surface area contributed by atoms with E-state index in [0.29, 0.717) is 16.9 Å². The molecule has 0 spiro atoms. The monoisotopic (exact) mass is 429 g/mol. The van der Waals surface area contributed by atoms with E-state index in [9.17, 15) is 9.59 Å². The Balaban J connectivity index is 1.34. The zero-order valence-electron chi connectivity index (χ0n) is 16.7. The highest BCUT2D eigenvalue weighted by atomic mass is 32.1. The molecule has 31 heavy (non-hydrogen) atoms. The van der Waals surface area contributed by atoms with Crippen molar-refractivity contribution in [3.63, 3.8) is 0 Å². The van der Waals surface area contributed by atoms with Gasteiger partial charge in [-0.25, -0.2) is 4.98 Å². The van der Waals surface area contributed by atoms with Gasteiger partial charge < -0.3 is 15.4 Å². The van der Waals surface area contributed by atoms with E-state index < -0.39 is 0 Å². The fourth-order valence-electron chi connectivity index (χ4n) is 2.87. The number of rotatable bonds is 6. The van der Waals surface area contributed by atoms with E-state index in [4.69, 9.17) is 4.74 Å². The largest absolute Gasteiger partial charge is 0.497 e. The second kappa shape index (κ2) is 9.23. The maximum Gasteiger partial charge on any atom is 0.255 e. The summed E-state index contributed by atoms with van der Waals surface area (Å²) < 4.78 is 6.18. The molecular formula is C24H19N3O3S. The Morgan fingerprint density at radius 2 is 1.58 bits per heavy atom. The van der Waals surface area contributed by atoms with Crippen LogP contribution in [0.25, 0.3) is 16.3 Å². The third-order valence-electron chi connectivity index (χ3n) is 4.45. The molecule has 6 nitrogen and oxygen atoms in total. The summed E-state index contributed by atoms with van der Waals surface area (Å²) in [6.45, 7) is 0. The molecule has 4 rings (SSSR count).